The second-order valence-electron chi connectivity index (χ2n) is 3.55. The highest BCUT2D eigenvalue weighted by Crippen LogP contribution is 2.12. The zero-order valence-electron chi connectivity index (χ0n) is 7.96. The van der Waals surface area contributed by atoms with E-state index >= 15 is 0 Å². The van der Waals surface area contributed by atoms with Crippen LogP contribution in [0, 0.1) is 0 Å². The Bertz CT molecular complexity index is 280. The van der Waals surface area contributed by atoms with Crippen LogP contribution < -0.4 is 10.6 Å². The second kappa shape index (κ2) is 4.62. The number of piperidine rings is 1. The molecule has 1 unspecified atom stereocenters. The first-order valence-electron chi connectivity index (χ1n) is 4.93. The Labute approximate surface area is 88.9 Å². The number of anilines is 1. The molecule has 0 radical (unpaired) electrons. The summed E-state index contributed by atoms with van der Waals surface area (Å²) >= 11 is 5.75. The van der Waals surface area contributed by atoms with Gasteiger partial charge >= 0.3 is 0 Å². The molecule has 1 aromatic heterocycles. The predicted molar refractivity (Wildman–Crippen MR) is 58.8 cm³/mol. The van der Waals surface area contributed by atoms with Crippen molar-refractivity contribution in [3.63, 3.8) is 0 Å². The van der Waals surface area contributed by atoms with E-state index in [1.807, 2.05) is 12.1 Å². The zero-order chi connectivity index (χ0) is 9.80. The van der Waals surface area contributed by atoms with Gasteiger partial charge in [0.05, 0.1) is 5.02 Å². The molecule has 0 spiro atoms. The fraction of sp³-hybridized carbons (Fsp3) is 0.500. The standard InChI is InChI=1S/C10H14ClN3/c11-8-3-4-10(13-6-8)14-9-2-1-5-12-7-9/h3-4,6,9,12H,1-2,5,7H2,(H,13,14). The first kappa shape index (κ1) is 9.74. The van der Waals surface area contributed by atoms with E-state index in [-0.39, 0.29) is 0 Å². The lowest BCUT2D eigenvalue weighted by atomic mass is 10.1. The van der Waals surface area contributed by atoms with Crippen LogP contribution in [0.15, 0.2) is 18.3 Å². The van der Waals surface area contributed by atoms with Crippen molar-refractivity contribution in [3.8, 4) is 0 Å². The monoisotopic (exact) mass is 211 g/mol. The normalized spacial score (nSPS) is 21.9. The smallest absolute Gasteiger partial charge is 0.126 e. The second-order valence-corrected chi connectivity index (χ2v) is 3.99. The van der Waals surface area contributed by atoms with E-state index in [1.54, 1.807) is 6.20 Å². The van der Waals surface area contributed by atoms with E-state index < -0.39 is 0 Å². The van der Waals surface area contributed by atoms with Gasteiger partial charge in [-0.1, -0.05) is 11.6 Å². The Morgan fingerprint density at radius 3 is 3.07 bits per heavy atom. The van der Waals surface area contributed by atoms with Crippen molar-refractivity contribution in [1.82, 2.24) is 10.3 Å². The molecular formula is C10H14ClN3. The van der Waals surface area contributed by atoms with Gasteiger partial charge < -0.3 is 10.6 Å². The number of pyridine rings is 1. The molecule has 1 fully saturated rings. The van der Waals surface area contributed by atoms with Crippen molar-refractivity contribution in [2.45, 2.75) is 18.9 Å². The third-order valence-corrected chi connectivity index (χ3v) is 2.60. The van der Waals surface area contributed by atoms with E-state index in [1.165, 1.54) is 12.8 Å². The van der Waals surface area contributed by atoms with E-state index in [4.69, 9.17) is 11.6 Å². The van der Waals surface area contributed by atoms with Gasteiger partial charge in [0.15, 0.2) is 0 Å². The average Bonchev–Trinajstić information content (AvgIpc) is 2.23. The summed E-state index contributed by atoms with van der Waals surface area (Å²) in [5, 5.41) is 7.40. The molecular weight excluding hydrogens is 198 g/mol. The minimum absolute atomic E-state index is 0.498. The van der Waals surface area contributed by atoms with Crippen molar-refractivity contribution >= 4 is 17.4 Å². The molecule has 1 saturated heterocycles. The van der Waals surface area contributed by atoms with Gasteiger partial charge in [0, 0.05) is 18.8 Å². The SMILES string of the molecule is Clc1ccc(NC2CCCNC2)nc1. The van der Waals surface area contributed by atoms with Crippen LogP contribution >= 0.6 is 11.6 Å². The fourth-order valence-corrected chi connectivity index (χ4v) is 1.76. The highest BCUT2D eigenvalue weighted by molar-refractivity contribution is 6.30. The minimum Gasteiger partial charge on any atom is -0.366 e. The summed E-state index contributed by atoms with van der Waals surface area (Å²) in [6.45, 7) is 2.15. The molecule has 76 valence electrons. The Hall–Kier alpha value is -0.800. The summed E-state index contributed by atoms with van der Waals surface area (Å²) in [5.41, 5.74) is 0. The summed E-state index contributed by atoms with van der Waals surface area (Å²) in [7, 11) is 0. The maximum Gasteiger partial charge on any atom is 0.126 e. The zero-order valence-corrected chi connectivity index (χ0v) is 8.72. The molecule has 2 N–H and O–H groups in total. The Morgan fingerprint density at radius 1 is 1.50 bits per heavy atom. The number of hydrogen-bond acceptors (Lipinski definition) is 3. The van der Waals surface area contributed by atoms with Crippen molar-refractivity contribution in [1.29, 1.82) is 0 Å². The molecule has 1 aliphatic rings. The van der Waals surface area contributed by atoms with E-state index in [0.29, 0.717) is 11.1 Å². The topological polar surface area (TPSA) is 37.0 Å². The van der Waals surface area contributed by atoms with Gasteiger partial charge in [-0.2, -0.15) is 0 Å². The van der Waals surface area contributed by atoms with Gasteiger partial charge in [-0.3, -0.25) is 0 Å². The van der Waals surface area contributed by atoms with Crippen LogP contribution in [-0.4, -0.2) is 24.1 Å². The molecule has 2 heterocycles. The maximum atomic E-state index is 5.75. The molecule has 1 aliphatic heterocycles. The maximum absolute atomic E-state index is 5.75. The third-order valence-electron chi connectivity index (χ3n) is 2.38. The first-order chi connectivity index (χ1) is 6.84. The molecule has 0 saturated carbocycles. The molecule has 3 nitrogen and oxygen atoms in total. The lowest BCUT2D eigenvalue weighted by molar-refractivity contribution is 0.479. The van der Waals surface area contributed by atoms with Crippen molar-refractivity contribution in [3.05, 3.63) is 23.4 Å². The molecule has 0 aromatic carbocycles. The Kier molecular flexibility index (Phi) is 3.22. The number of nitrogens with zero attached hydrogens (tertiary/aromatic N) is 1. The van der Waals surface area contributed by atoms with Gasteiger partial charge in [-0.05, 0) is 31.5 Å². The van der Waals surface area contributed by atoms with E-state index in [9.17, 15) is 0 Å². The van der Waals surface area contributed by atoms with E-state index in [2.05, 4.69) is 15.6 Å². The first-order valence-corrected chi connectivity index (χ1v) is 5.31. The highest BCUT2D eigenvalue weighted by Gasteiger charge is 2.12. The summed E-state index contributed by atoms with van der Waals surface area (Å²) in [6.07, 6.45) is 4.10. The molecule has 0 amide bonds. The molecule has 2 rings (SSSR count). The molecule has 14 heavy (non-hydrogen) atoms. The predicted octanol–water partition coefficient (Wildman–Crippen LogP) is 1.90. The van der Waals surface area contributed by atoms with Gasteiger partial charge in [-0.15, -0.1) is 0 Å². The van der Waals surface area contributed by atoms with Crippen LogP contribution in [0.5, 0.6) is 0 Å². The summed E-state index contributed by atoms with van der Waals surface area (Å²) in [6, 6.07) is 4.27. The summed E-state index contributed by atoms with van der Waals surface area (Å²) in [5.74, 6) is 0.906. The van der Waals surface area contributed by atoms with Crippen LogP contribution in [-0.2, 0) is 0 Å². The quantitative estimate of drug-likeness (QED) is 0.785. The minimum atomic E-state index is 0.498. The number of nitrogens with one attached hydrogen (secondary N) is 2. The van der Waals surface area contributed by atoms with Crippen LogP contribution in [0.1, 0.15) is 12.8 Å². The van der Waals surface area contributed by atoms with E-state index in [0.717, 1.165) is 18.9 Å². The lowest BCUT2D eigenvalue weighted by Crippen LogP contribution is -2.38. The lowest BCUT2D eigenvalue weighted by Gasteiger charge is -2.24. The summed E-state index contributed by atoms with van der Waals surface area (Å²) in [4.78, 5) is 4.20. The Balaban J connectivity index is 1.92. The van der Waals surface area contributed by atoms with Crippen LogP contribution in [0.2, 0.25) is 5.02 Å². The van der Waals surface area contributed by atoms with Crippen molar-refractivity contribution in [2.24, 2.45) is 0 Å². The van der Waals surface area contributed by atoms with Gasteiger partial charge in [-0.25, -0.2) is 4.98 Å². The van der Waals surface area contributed by atoms with Crippen LogP contribution in [0.25, 0.3) is 0 Å². The van der Waals surface area contributed by atoms with Gasteiger partial charge in [0.1, 0.15) is 5.82 Å². The number of hydrogen-bond donors (Lipinski definition) is 2. The van der Waals surface area contributed by atoms with Crippen molar-refractivity contribution in [2.75, 3.05) is 18.4 Å². The molecule has 0 bridgehead atoms. The largest absolute Gasteiger partial charge is 0.366 e. The molecule has 1 atom stereocenters. The average molecular weight is 212 g/mol. The summed E-state index contributed by atoms with van der Waals surface area (Å²) < 4.78 is 0. The van der Waals surface area contributed by atoms with Crippen LogP contribution in [0.4, 0.5) is 5.82 Å². The van der Waals surface area contributed by atoms with Gasteiger partial charge in [0.25, 0.3) is 0 Å². The fourth-order valence-electron chi connectivity index (χ4n) is 1.65. The number of halogens is 1. The molecule has 4 heteroatoms. The third kappa shape index (κ3) is 2.59. The number of rotatable bonds is 2. The molecule has 1 aromatic rings. The molecule has 0 aliphatic carbocycles. The van der Waals surface area contributed by atoms with Crippen LogP contribution in [0.3, 0.4) is 0 Å². The number of aromatic nitrogens is 1. The van der Waals surface area contributed by atoms with Crippen molar-refractivity contribution < 1.29 is 0 Å². The highest BCUT2D eigenvalue weighted by atomic mass is 35.5. The van der Waals surface area contributed by atoms with Gasteiger partial charge in [0.2, 0.25) is 0 Å². The Morgan fingerprint density at radius 2 is 2.43 bits per heavy atom.